The van der Waals surface area contributed by atoms with Crippen molar-refractivity contribution >= 4 is 23.5 Å². The number of rotatable bonds is 12. The Kier molecular flexibility index (Phi) is 9.88. The Hall–Kier alpha value is -4.33. The number of esters is 1. The van der Waals surface area contributed by atoms with E-state index in [9.17, 15) is 14.4 Å². The average molecular weight is 491 g/mol. The fraction of sp³-hybridized carbons (Fsp3) is 0.250. The van der Waals surface area contributed by atoms with Gasteiger partial charge in [-0.15, -0.1) is 0 Å². The lowest BCUT2D eigenvalue weighted by molar-refractivity contribution is -0.148. The molecule has 8 nitrogen and oxygen atoms in total. The van der Waals surface area contributed by atoms with E-state index in [1.165, 1.54) is 0 Å². The maximum Gasteiger partial charge on any atom is 0.306 e. The first-order valence-corrected chi connectivity index (χ1v) is 11.7. The molecule has 1 atom stereocenters. The minimum Gasteiger partial charge on any atom is -0.493 e. The summed E-state index contributed by atoms with van der Waals surface area (Å²) in [6.45, 7) is 1.50. The van der Waals surface area contributed by atoms with Crippen LogP contribution in [0.25, 0.3) is 0 Å². The molecule has 3 rings (SSSR count). The smallest absolute Gasteiger partial charge is 0.306 e. The molecule has 0 aromatic heterocycles. The van der Waals surface area contributed by atoms with Crippen molar-refractivity contribution in [1.29, 1.82) is 0 Å². The van der Waals surface area contributed by atoms with Crippen molar-refractivity contribution in [2.75, 3.05) is 19.0 Å². The number of ether oxygens (including phenoxy) is 3. The number of carbonyl (C=O) groups excluding carboxylic acids is 3. The second-order valence-electron chi connectivity index (χ2n) is 8.04. The summed E-state index contributed by atoms with van der Waals surface area (Å²) in [6, 6.07) is 23.6. The van der Waals surface area contributed by atoms with Gasteiger partial charge in [-0.2, -0.15) is 0 Å². The molecule has 2 amide bonds. The van der Waals surface area contributed by atoms with Gasteiger partial charge in [-0.3, -0.25) is 14.4 Å². The molecule has 0 unspecified atom stereocenters. The molecule has 0 heterocycles. The standard InChI is InChI=1S/C28H30N2O6/c1-20(21-9-4-3-5-10-21)29-27(32)19-35-28(33)14-8-13-26(31)30-22-15-17-23(18-16-22)36-25-12-7-6-11-24(25)34-2/h3-7,9-12,15-18,20H,8,13-14,19H2,1-2H3,(H,29,32)(H,30,31)/t20-/m1/s1. The molecule has 0 saturated heterocycles. The van der Waals surface area contributed by atoms with Gasteiger partial charge in [0.25, 0.3) is 5.91 Å². The van der Waals surface area contributed by atoms with Crippen molar-refractivity contribution in [3.8, 4) is 17.2 Å². The normalized spacial score (nSPS) is 11.2. The lowest BCUT2D eigenvalue weighted by Crippen LogP contribution is -2.31. The van der Waals surface area contributed by atoms with E-state index in [0.29, 0.717) is 29.4 Å². The van der Waals surface area contributed by atoms with Crippen LogP contribution in [0.2, 0.25) is 0 Å². The summed E-state index contributed by atoms with van der Waals surface area (Å²) in [6.07, 6.45) is 0.494. The number of nitrogens with one attached hydrogen (secondary N) is 2. The number of amides is 2. The van der Waals surface area contributed by atoms with Gasteiger partial charge in [-0.25, -0.2) is 0 Å². The van der Waals surface area contributed by atoms with Gasteiger partial charge in [0, 0.05) is 18.5 Å². The molecule has 0 radical (unpaired) electrons. The molecule has 36 heavy (non-hydrogen) atoms. The van der Waals surface area contributed by atoms with Crippen molar-refractivity contribution in [1.82, 2.24) is 5.32 Å². The van der Waals surface area contributed by atoms with Gasteiger partial charge in [0.2, 0.25) is 5.91 Å². The first-order chi connectivity index (χ1) is 17.4. The number of para-hydroxylation sites is 2. The predicted octanol–water partition coefficient (Wildman–Crippen LogP) is 5.02. The molecule has 0 saturated carbocycles. The van der Waals surface area contributed by atoms with Crippen LogP contribution in [-0.4, -0.2) is 31.5 Å². The molecule has 3 aromatic rings. The molecule has 3 aromatic carbocycles. The molecule has 0 aliphatic rings. The summed E-state index contributed by atoms with van der Waals surface area (Å²) >= 11 is 0. The Morgan fingerprint density at radius 3 is 2.17 bits per heavy atom. The zero-order chi connectivity index (χ0) is 25.8. The van der Waals surface area contributed by atoms with Crippen LogP contribution in [0.1, 0.15) is 37.8 Å². The quantitative estimate of drug-likeness (QED) is 0.346. The van der Waals surface area contributed by atoms with Crippen LogP contribution in [0.5, 0.6) is 17.2 Å². The molecule has 0 spiro atoms. The second-order valence-corrected chi connectivity index (χ2v) is 8.04. The van der Waals surface area contributed by atoms with Crippen LogP contribution in [-0.2, 0) is 19.1 Å². The highest BCUT2D eigenvalue weighted by Gasteiger charge is 2.12. The molecular formula is C28H30N2O6. The Morgan fingerprint density at radius 1 is 0.806 bits per heavy atom. The predicted molar refractivity (Wildman–Crippen MR) is 136 cm³/mol. The van der Waals surface area contributed by atoms with Crippen molar-refractivity contribution < 1.29 is 28.6 Å². The summed E-state index contributed by atoms with van der Waals surface area (Å²) in [5.74, 6) is 0.680. The maximum atomic E-state index is 12.2. The van der Waals surface area contributed by atoms with Crippen molar-refractivity contribution in [2.24, 2.45) is 0 Å². The zero-order valence-corrected chi connectivity index (χ0v) is 20.4. The minimum atomic E-state index is -0.525. The Labute approximate surface area is 210 Å². The minimum absolute atomic E-state index is 0.0423. The van der Waals surface area contributed by atoms with Crippen molar-refractivity contribution in [3.05, 3.63) is 84.4 Å². The van der Waals surface area contributed by atoms with Crippen molar-refractivity contribution in [3.63, 3.8) is 0 Å². The summed E-state index contributed by atoms with van der Waals surface area (Å²) in [5.41, 5.74) is 1.57. The van der Waals surface area contributed by atoms with Crippen LogP contribution < -0.4 is 20.1 Å². The highest BCUT2D eigenvalue weighted by atomic mass is 16.5. The average Bonchev–Trinajstić information content (AvgIpc) is 2.89. The van der Waals surface area contributed by atoms with Gasteiger partial charge < -0.3 is 24.8 Å². The second kappa shape index (κ2) is 13.5. The number of hydrogen-bond acceptors (Lipinski definition) is 6. The van der Waals surface area contributed by atoms with E-state index in [1.807, 2.05) is 49.4 Å². The molecule has 0 aliphatic carbocycles. The molecule has 2 N–H and O–H groups in total. The summed E-state index contributed by atoms with van der Waals surface area (Å²) in [7, 11) is 1.57. The molecule has 188 valence electrons. The van der Waals surface area contributed by atoms with Gasteiger partial charge in [-0.1, -0.05) is 42.5 Å². The fourth-order valence-corrected chi connectivity index (χ4v) is 3.38. The van der Waals surface area contributed by atoms with Crippen LogP contribution in [0.4, 0.5) is 5.69 Å². The van der Waals surface area contributed by atoms with Crippen LogP contribution in [0.15, 0.2) is 78.9 Å². The third-order valence-corrected chi connectivity index (χ3v) is 5.26. The highest BCUT2D eigenvalue weighted by Crippen LogP contribution is 2.31. The summed E-state index contributed by atoms with van der Waals surface area (Å²) in [5, 5.41) is 5.56. The molecular weight excluding hydrogens is 460 g/mol. The van der Waals surface area contributed by atoms with Gasteiger partial charge in [0.15, 0.2) is 18.1 Å². The zero-order valence-electron chi connectivity index (χ0n) is 20.4. The number of hydrogen-bond donors (Lipinski definition) is 2. The monoisotopic (exact) mass is 490 g/mol. The van der Waals surface area contributed by atoms with Gasteiger partial charge >= 0.3 is 5.97 Å². The largest absolute Gasteiger partial charge is 0.493 e. The lowest BCUT2D eigenvalue weighted by Gasteiger charge is -2.14. The van der Waals surface area contributed by atoms with Gasteiger partial charge in [-0.05, 0) is 55.3 Å². The molecule has 0 fully saturated rings. The summed E-state index contributed by atoms with van der Waals surface area (Å²) < 4.78 is 16.1. The van der Waals surface area contributed by atoms with Gasteiger partial charge in [0.05, 0.1) is 13.2 Å². The Balaban J connectivity index is 1.33. The number of anilines is 1. The molecule has 0 bridgehead atoms. The van der Waals surface area contributed by atoms with E-state index in [0.717, 1.165) is 5.56 Å². The number of benzene rings is 3. The third-order valence-electron chi connectivity index (χ3n) is 5.26. The topological polar surface area (TPSA) is 103 Å². The van der Waals surface area contributed by atoms with Gasteiger partial charge in [0.1, 0.15) is 5.75 Å². The molecule has 0 aliphatic heterocycles. The van der Waals surface area contributed by atoms with E-state index >= 15 is 0 Å². The SMILES string of the molecule is COc1ccccc1Oc1ccc(NC(=O)CCCC(=O)OCC(=O)N[C@H](C)c2ccccc2)cc1. The van der Waals surface area contributed by atoms with E-state index in [4.69, 9.17) is 14.2 Å². The molecule has 8 heteroatoms. The Bertz CT molecular complexity index is 1150. The first-order valence-electron chi connectivity index (χ1n) is 11.7. The number of carbonyl (C=O) groups is 3. The first kappa shape index (κ1) is 26.3. The highest BCUT2D eigenvalue weighted by molar-refractivity contribution is 5.91. The van der Waals surface area contributed by atoms with Crippen LogP contribution >= 0.6 is 0 Å². The van der Waals surface area contributed by atoms with E-state index in [2.05, 4.69) is 10.6 Å². The van der Waals surface area contributed by atoms with E-state index < -0.39 is 5.97 Å². The Morgan fingerprint density at radius 2 is 1.47 bits per heavy atom. The fourth-order valence-electron chi connectivity index (χ4n) is 3.38. The third kappa shape index (κ3) is 8.47. The maximum absolute atomic E-state index is 12.2. The van der Waals surface area contributed by atoms with Crippen LogP contribution in [0.3, 0.4) is 0 Å². The summed E-state index contributed by atoms with van der Waals surface area (Å²) in [4.78, 5) is 36.1. The van der Waals surface area contributed by atoms with Crippen LogP contribution in [0, 0.1) is 0 Å². The lowest BCUT2D eigenvalue weighted by atomic mass is 10.1. The number of methoxy groups -OCH3 is 1. The van der Waals surface area contributed by atoms with E-state index in [1.54, 1.807) is 43.5 Å². The van der Waals surface area contributed by atoms with Crippen molar-refractivity contribution in [2.45, 2.75) is 32.2 Å². The van der Waals surface area contributed by atoms with E-state index in [-0.39, 0.29) is 37.3 Å².